The number of nitrogens with one attached hydrogen (secondary N) is 1. The monoisotopic (exact) mass is 424 g/mol. The maximum atomic E-state index is 12.6. The first-order valence-corrected chi connectivity index (χ1v) is 10.3. The quantitative estimate of drug-likeness (QED) is 0.420. The summed E-state index contributed by atoms with van der Waals surface area (Å²) < 4.78 is 6.65. The molecule has 1 saturated heterocycles. The molecule has 1 aromatic carbocycles. The van der Waals surface area contributed by atoms with Crippen LogP contribution in [0.2, 0.25) is 0 Å². The molecule has 31 heavy (non-hydrogen) atoms. The number of imide groups is 1. The van der Waals surface area contributed by atoms with Crippen LogP contribution in [0.3, 0.4) is 0 Å². The Balaban J connectivity index is 1.89. The molecule has 0 saturated carbocycles. The fourth-order valence-electron chi connectivity index (χ4n) is 3.80. The summed E-state index contributed by atoms with van der Waals surface area (Å²) >= 11 is 0. The fourth-order valence-corrected chi connectivity index (χ4v) is 3.80. The van der Waals surface area contributed by atoms with Gasteiger partial charge in [0.15, 0.2) is 0 Å². The van der Waals surface area contributed by atoms with E-state index in [1.807, 2.05) is 19.9 Å². The summed E-state index contributed by atoms with van der Waals surface area (Å²) in [5.74, 6) is -1.21. The molecule has 2 heterocycles. The number of carbonyl (C=O) groups excluding carboxylic acids is 3. The molecule has 0 atom stereocenters. The van der Waals surface area contributed by atoms with Gasteiger partial charge in [-0.1, -0.05) is 0 Å². The minimum absolute atomic E-state index is 0.131. The molecular weight excluding hydrogens is 396 g/mol. The van der Waals surface area contributed by atoms with E-state index in [-0.39, 0.29) is 5.70 Å². The van der Waals surface area contributed by atoms with Gasteiger partial charge in [0.1, 0.15) is 12.2 Å². The molecule has 1 aliphatic rings. The van der Waals surface area contributed by atoms with Crippen LogP contribution in [0.25, 0.3) is 11.8 Å². The summed E-state index contributed by atoms with van der Waals surface area (Å²) in [4.78, 5) is 39.2. The van der Waals surface area contributed by atoms with Gasteiger partial charge in [-0.3, -0.25) is 9.59 Å². The van der Waals surface area contributed by atoms with Crippen LogP contribution >= 0.6 is 0 Å². The smallest absolute Gasteiger partial charge is 0.329 e. The lowest BCUT2D eigenvalue weighted by Gasteiger charge is -2.21. The molecule has 0 radical (unpaired) electrons. The minimum Gasteiger partial charge on any atom is -0.468 e. The number of methoxy groups -OCH3 is 1. The lowest BCUT2D eigenvalue weighted by molar-refractivity contribution is -0.143. The van der Waals surface area contributed by atoms with Crippen LogP contribution in [-0.4, -0.2) is 54.1 Å². The third kappa shape index (κ3) is 4.33. The van der Waals surface area contributed by atoms with Gasteiger partial charge in [-0.25, -0.2) is 9.69 Å². The Morgan fingerprint density at radius 1 is 1.13 bits per heavy atom. The molecule has 8 heteroatoms. The zero-order valence-corrected chi connectivity index (χ0v) is 18.6. The number of hydrogen-bond acceptors (Lipinski definition) is 5. The summed E-state index contributed by atoms with van der Waals surface area (Å²) in [5, 5.41) is 2.54. The van der Waals surface area contributed by atoms with Gasteiger partial charge in [-0.15, -0.1) is 0 Å². The Bertz CT molecular complexity index is 1030. The number of amides is 3. The van der Waals surface area contributed by atoms with Crippen molar-refractivity contribution in [3.63, 3.8) is 0 Å². The second kappa shape index (κ2) is 9.07. The number of hydrogen-bond donors (Lipinski definition) is 1. The molecule has 1 N–H and O–H groups in total. The van der Waals surface area contributed by atoms with Gasteiger partial charge in [0, 0.05) is 35.9 Å². The highest BCUT2D eigenvalue weighted by Crippen LogP contribution is 2.25. The average molecular weight is 425 g/mol. The Morgan fingerprint density at radius 2 is 1.77 bits per heavy atom. The Labute approximate surface area is 182 Å². The van der Waals surface area contributed by atoms with E-state index in [0.29, 0.717) is 0 Å². The molecule has 164 valence electrons. The first-order chi connectivity index (χ1) is 14.8. The molecule has 0 bridgehead atoms. The molecule has 8 nitrogen and oxygen atoms in total. The van der Waals surface area contributed by atoms with E-state index in [0.717, 1.165) is 40.6 Å². The van der Waals surface area contributed by atoms with Crippen LogP contribution < -0.4 is 10.2 Å². The van der Waals surface area contributed by atoms with E-state index < -0.39 is 24.5 Å². The second-order valence-corrected chi connectivity index (χ2v) is 7.31. The SMILES string of the molecule is CCN(CC)c1ccc(-n2c(C)cc(/C=C3/NC(=O)N(CC(=O)OC)C3=O)c2C)cc1. The van der Waals surface area contributed by atoms with Crippen molar-refractivity contribution >= 4 is 29.7 Å². The van der Waals surface area contributed by atoms with Gasteiger partial charge in [0.2, 0.25) is 0 Å². The van der Waals surface area contributed by atoms with Crippen LogP contribution in [0.4, 0.5) is 10.5 Å². The molecule has 1 aliphatic heterocycles. The summed E-state index contributed by atoms with van der Waals surface area (Å²) in [6, 6.07) is 9.68. The Hall–Kier alpha value is -3.55. The molecule has 0 spiro atoms. The lowest BCUT2D eigenvalue weighted by atomic mass is 10.2. The number of urea groups is 1. The van der Waals surface area contributed by atoms with Crippen LogP contribution in [0.1, 0.15) is 30.8 Å². The van der Waals surface area contributed by atoms with E-state index in [1.54, 1.807) is 6.08 Å². The first-order valence-electron chi connectivity index (χ1n) is 10.3. The molecule has 1 fully saturated rings. The van der Waals surface area contributed by atoms with Crippen molar-refractivity contribution in [2.24, 2.45) is 0 Å². The predicted molar refractivity (Wildman–Crippen MR) is 119 cm³/mol. The Morgan fingerprint density at radius 3 is 2.35 bits per heavy atom. The number of benzene rings is 1. The van der Waals surface area contributed by atoms with Crippen LogP contribution in [0.5, 0.6) is 0 Å². The Kier molecular flexibility index (Phi) is 6.48. The zero-order chi connectivity index (χ0) is 22.7. The van der Waals surface area contributed by atoms with Crippen molar-refractivity contribution in [1.29, 1.82) is 0 Å². The molecule has 3 amide bonds. The molecule has 2 aromatic rings. The van der Waals surface area contributed by atoms with Crippen molar-refractivity contribution < 1.29 is 19.1 Å². The average Bonchev–Trinajstić information content (AvgIpc) is 3.18. The molecule has 0 aliphatic carbocycles. The van der Waals surface area contributed by atoms with E-state index >= 15 is 0 Å². The van der Waals surface area contributed by atoms with Crippen molar-refractivity contribution in [2.75, 3.05) is 31.6 Å². The summed E-state index contributed by atoms with van der Waals surface area (Å²) in [7, 11) is 1.21. The van der Waals surface area contributed by atoms with Crippen LogP contribution in [0.15, 0.2) is 36.0 Å². The van der Waals surface area contributed by atoms with Gasteiger partial charge < -0.3 is 19.5 Å². The highest BCUT2D eigenvalue weighted by molar-refractivity contribution is 6.15. The van der Waals surface area contributed by atoms with Gasteiger partial charge >= 0.3 is 12.0 Å². The maximum absolute atomic E-state index is 12.6. The van der Waals surface area contributed by atoms with E-state index in [1.165, 1.54) is 12.8 Å². The summed E-state index contributed by atoms with van der Waals surface area (Å²) in [6.45, 7) is 9.69. The maximum Gasteiger partial charge on any atom is 0.329 e. The van der Waals surface area contributed by atoms with Gasteiger partial charge in [-0.05, 0) is 69.7 Å². The number of anilines is 1. The molecule has 0 unspecified atom stereocenters. The predicted octanol–water partition coefficient (Wildman–Crippen LogP) is 3.01. The normalized spacial score (nSPS) is 14.9. The highest BCUT2D eigenvalue weighted by Gasteiger charge is 2.35. The van der Waals surface area contributed by atoms with Crippen molar-refractivity contribution in [3.05, 3.63) is 53.0 Å². The zero-order valence-electron chi connectivity index (χ0n) is 18.6. The van der Waals surface area contributed by atoms with Crippen LogP contribution in [0, 0.1) is 13.8 Å². The van der Waals surface area contributed by atoms with Crippen LogP contribution in [-0.2, 0) is 14.3 Å². The first kappa shape index (κ1) is 22.1. The molecule has 3 rings (SSSR count). The van der Waals surface area contributed by atoms with Gasteiger partial charge in [-0.2, -0.15) is 0 Å². The van der Waals surface area contributed by atoms with Crippen molar-refractivity contribution in [2.45, 2.75) is 27.7 Å². The molecule has 1 aromatic heterocycles. The largest absolute Gasteiger partial charge is 0.468 e. The summed E-state index contributed by atoms with van der Waals surface area (Å²) in [6.07, 6.45) is 1.64. The van der Waals surface area contributed by atoms with Gasteiger partial charge in [0.25, 0.3) is 5.91 Å². The number of ether oxygens (including phenoxy) is 1. The number of esters is 1. The summed E-state index contributed by atoms with van der Waals surface area (Å²) in [5.41, 5.74) is 5.07. The van der Waals surface area contributed by atoms with E-state index in [2.05, 4.69) is 57.6 Å². The highest BCUT2D eigenvalue weighted by atomic mass is 16.5. The van der Waals surface area contributed by atoms with Crippen molar-refractivity contribution in [1.82, 2.24) is 14.8 Å². The molecular formula is C23H28N4O4. The third-order valence-corrected chi connectivity index (χ3v) is 5.48. The number of carbonyl (C=O) groups is 3. The topological polar surface area (TPSA) is 83.9 Å². The van der Waals surface area contributed by atoms with Crippen molar-refractivity contribution in [3.8, 4) is 5.69 Å². The number of aromatic nitrogens is 1. The third-order valence-electron chi connectivity index (χ3n) is 5.48. The van der Waals surface area contributed by atoms with E-state index in [4.69, 9.17) is 0 Å². The lowest BCUT2D eigenvalue weighted by Crippen LogP contribution is -2.36. The second-order valence-electron chi connectivity index (χ2n) is 7.31. The number of rotatable bonds is 7. The van der Waals surface area contributed by atoms with E-state index in [9.17, 15) is 14.4 Å². The minimum atomic E-state index is -0.656. The fraction of sp³-hybridized carbons (Fsp3) is 0.348. The number of nitrogens with zero attached hydrogens (tertiary/aromatic N) is 3. The number of aryl methyl sites for hydroxylation is 1. The van der Waals surface area contributed by atoms with Gasteiger partial charge in [0.05, 0.1) is 7.11 Å². The standard InChI is InChI=1S/C23H28N4O4/c1-6-25(7-2)18-8-10-19(11-9-18)27-15(3)12-17(16(27)4)13-20-22(29)26(23(30)24-20)14-21(28)31-5/h8-13H,6-7,14H2,1-5H3,(H,24,30)/b20-13+.